The maximum Gasteiger partial charge on any atom is 0.334 e. The molecule has 1 saturated heterocycles. The molecule has 1 aromatic carbocycles. The Bertz CT molecular complexity index is 324. The van der Waals surface area contributed by atoms with Crippen molar-refractivity contribution in [1.29, 1.82) is 0 Å². The summed E-state index contributed by atoms with van der Waals surface area (Å²) in [5, 5.41) is 0. The lowest BCUT2D eigenvalue weighted by Gasteiger charge is -2.07. The van der Waals surface area contributed by atoms with E-state index in [-0.39, 0.29) is 12.1 Å². The van der Waals surface area contributed by atoms with E-state index >= 15 is 0 Å². The lowest BCUT2D eigenvalue weighted by molar-refractivity contribution is -0.139. The highest BCUT2D eigenvalue weighted by Gasteiger charge is 2.27. The van der Waals surface area contributed by atoms with Crippen LogP contribution >= 0.6 is 0 Å². The summed E-state index contributed by atoms with van der Waals surface area (Å²) in [6.45, 7) is 3.64. The molecular weight excluding hydrogens is 164 g/mol. The molecule has 0 spiro atoms. The van der Waals surface area contributed by atoms with E-state index in [4.69, 9.17) is 4.74 Å². The molecule has 0 unspecified atom stereocenters. The molecule has 66 valence electrons. The summed E-state index contributed by atoms with van der Waals surface area (Å²) in [6.07, 6.45) is 0.490. The molecule has 2 rings (SSSR count). The van der Waals surface area contributed by atoms with Crippen molar-refractivity contribution >= 4 is 5.97 Å². The first kappa shape index (κ1) is 8.05. The number of ether oxygens (including phenoxy) is 1. The number of esters is 1. The fourth-order valence-corrected chi connectivity index (χ4v) is 1.41. The molecule has 0 amide bonds. The van der Waals surface area contributed by atoms with E-state index in [1.165, 1.54) is 0 Å². The number of hydrogen-bond acceptors (Lipinski definition) is 2. The van der Waals surface area contributed by atoms with Crippen LogP contribution < -0.4 is 0 Å². The molecule has 0 aromatic heterocycles. The molecule has 1 fully saturated rings. The van der Waals surface area contributed by atoms with Crippen LogP contribution in [-0.4, -0.2) is 5.97 Å². The fourth-order valence-electron chi connectivity index (χ4n) is 1.41. The minimum absolute atomic E-state index is 0.124. The maximum absolute atomic E-state index is 11.0. The predicted molar refractivity (Wildman–Crippen MR) is 49.0 cm³/mol. The lowest BCUT2D eigenvalue weighted by Crippen LogP contribution is -1.98. The zero-order chi connectivity index (χ0) is 9.26. The smallest absolute Gasteiger partial charge is 0.334 e. The SMILES string of the molecule is C=C1C[C@@H](c2ccccc2)OC1=O. The number of rotatable bonds is 1. The highest BCUT2D eigenvalue weighted by Crippen LogP contribution is 2.31. The van der Waals surface area contributed by atoms with Crippen LogP contribution in [0.5, 0.6) is 0 Å². The molecule has 13 heavy (non-hydrogen) atoms. The molecule has 2 nitrogen and oxygen atoms in total. The topological polar surface area (TPSA) is 26.3 Å². The first-order valence-electron chi connectivity index (χ1n) is 4.21. The average molecular weight is 174 g/mol. The molecule has 0 bridgehead atoms. The summed E-state index contributed by atoms with van der Waals surface area (Å²) in [5.74, 6) is -0.270. The Labute approximate surface area is 76.8 Å². The summed E-state index contributed by atoms with van der Waals surface area (Å²) in [7, 11) is 0. The van der Waals surface area contributed by atoms with E-state index < -0.39 is 0 Å². The minimum atomic E-state index is -0.270. The number of hydrogen-bond donors (Lipinski definition) is 0. The fraction of sp³-hybridized carbons (Fsp3) is 0.182. The van der Waals surface area contributed by atoms with Gasteiger partial charge in [0, 0.05) is 12.0 Å². The summed E-state index contributed by atoms with van der Waals surface area (Å²) >= 11 is 0. The van der Waals surface area contributed by atoms with Crippen molar-refractivity contribution in [3.63, 3.8) is 0 Å². The van der Waals surface area contributed by atoms with Crippen molar-refractivity contribution in [3.8, 4) is 0 Å². The second-order valence-electron chi connectivity index (χ2n) is 3.11. The Balaban J connectivity index is 2.21. The summed E-state index contributed by atoms with van der Waals surface area (Å²) in [4.78, 5) is 11.0. The van der Waals surface area contributed by atoms with Gasteiger partial charge in [-0.1, -0.05) is 36.9 Å². The van der Waals surface area contributed by atoms with E-state index in [0.717, 1.165) is 5.56 Å². The van der Waals surface area contributed by atoms with Gasteiger partial charge in [-0.15, -0.1) is 0 Å². The van der Waals surface area contributed by atoms with Crippen LogP contribution in [0.1, 0.15) is 18.1 Å². The molecule has 1 heterocycles. The summed E-state index contributed by atoms with van der Waals surface area (Å²) < 4.78 is 5.12. The molecule has 0 N–H and O–H groups in total. The van der Waals surface area contributed by atoms with E-state index in [1.807, 2.05) is 30.3 Å². The normalized spacial score (nSPS) is 21.7. The Kier molecular flexibility index (Phi) is 1.89. The quantitative estimate of drug-likeness (QED) is 0.482. The van der Waals surface area contributed by atoms with Crippen LogP contribution in [-0.2, 0) is 9.53 Å². The number of cyclic esters (lactones) is 1. The molecular formula is C11H10O2. The average Bonchev–Trinajstić information content (AvgIpc) is 2.49. The molecule has 1 aromatic rings. The van der Waals surface area contributed by atoms with Gasteiger partial charge < -0.3 is 4.74 Å². The third-order valence-electron chi connectivity index (χ3n) is 2.14. The van der Waals surface area contributed by atoms with Gasteiger partial charge in [0.2, 0.25) is 0 Å². The Morgan fingerprint density at radius 3 is 2.54 bits per heavy atom. The van der Waals surface area contributed by atoms with Gasteiger partial charge in [-0.2, -0.15) is 0 Å². The third-order valence-corrected chi connectivity index (χ3v) is 2.14. The van der Waals surface area contributed by atoms with Gasteiger partial charge >= 0.3 is 5.97 Å². The van der Waals surface area contributed by atoms with Gasteiger partial charge in [0.1, 0.15) is 6.10 Å². The van der Waals surface area contributed by atoms with Crippen molar-refractivity contribution in [2.75, 3.05) is 0 Å². The first-order valence-corrected chi connectivity index (χ1v) is 4.21. The number of carbonyl (C=O) groups is 1. The van der Waals surface area contributed by atoms with Crippen molar-refractivity contribution in [1.82, 2.24) is 0 Å². The van der Waals surface area contributed by atoms with Crippen LogP contribution in [0.25, 0.3) is 0 Å². The van der Waals surface area contributed by atoms with Crippen LogP contribution in [0.2, 0.25) is 0 Å². The number of carbonyl (C=O) groups excluding carboxylic acids is 1. The Morgan fingerprint density at radius 1 is 1.31 bits per heavy atom. The summed E-state index contributed by atoms with van der Waals surface area (Å²) in [6, 6.07) is 9.72. The Morgan fingerprint density at radius 2 is 2.00 bits per heavy atom. The largest absolute Gasteiger partial charge is 0.454 e. The summed E-state index contributed by atoms with van der Waals surface area (Å²) in [5.41, 5.74) is 1.60. The molecule has 0 saturated carbocycles. The van der Waals surface area contributed by atoms with Gasteiger partial charge in [0.25, 0.3) is 0 Å². The van der Waals surface area contributed by atoms with Gasteiger partial charge in [0.05, 0.1) is 0 Å². The highest BCUT2D eigenvalue weighted by molar-refractivity contribution is 5.90. The second kappa shape index (κ2) is 3.05. The standard InChI is InChI=1S/C11H10O2/c1-8-7-10(13-11(8)12)9-5-3-2-4-6-9/h2-6,10H,1,7H2/t10-/m0/s1. The van der Waals surface area contributed by atoms with E-state index in [2.05, 4.69) is 6.58 Å². The zero-order valence-electron chi connectivity index (χ0n) is 7.19. The van der Waals surface area contributed by atoms with Crippen molar-refractivity contribution in [2.45, 2.75) is 12.5 Å². The van der Waals surface area contributed by atoms with E-state index in [9.17, 15) is 4.79 Å². The van der Waals surface area contributed by atoms with Crippen molar-refractivity contribution < 1.29 is 9.53 Å². The molecule has 1 atom stereocenters. The van der Waals surface area contributed by atoms with Gasteiger partial charge in [0.15, 0.2) is 0 Å². The van der Waals surface area contributed by atoms with Crippen molar-refractivity contribution in [2.24, 2.45) is 0 Å². The molecule has 0 radical (unpaired) electrons. The van der Waals surface area contributed by atoms with E-state index in [0.29, 0.717) is 12.0 Å². The maximum atomic E-state index is 11.0. The van der Waals surface area contributed by atoms with Crippen molar-refractivity contribution in [3.05, 3.63) is 48.0 Å². The lowest BCUT2D eigenvalue weighted by atomic mass is 10.1. The molecule has 2 heteroatoms. The van der Waals surface area contributed by atoms with Crippen LogP contribution in [0, 0.1) is 0 Å². The third kappa shape index (κ3) is 1.47. The van der Waals surface area contributed by atoms with E-state index in [1.54, 1.807) is 0 Å². The highest BCUT2D eigenvalue weighted by atomic mass is 16.5. The molecule has 1 aliphatic heterocycles. The first-order chi connectivity index (χ1) is 6.27. The van der Waals surface area contributed by atoms with Gasteiger partial charge in [-0.3, -0.25) is 0 Å². The Hall–Kier alpha value is -1.57. The number of benzene rings is 1. The molecule has 0 aliphatic carbocycles. The minimum Gasteiger partial charge on any atom is -0.454 e. The molecule has 1 aliphatic rings. The van der Waals surface area contributed by atoms with Crippen LogP contribution in [0.4, 0.5) is 0 Å². The van der Waals surface area contributed by atoms with Crippen LogP contribution in [0.15, 0.2) is 42.5 Å². The van der Waals surface area contributed by atoms with Gasteiger partial charge in [-0.05, 0) is 5.56 Å². The van der Waals surface area contributed by atoms with Gasteiger partial charge in [-0.25, -0.2) is 4.79 Å². The zero-order valence-corrected chi connectivity index (χ0v) is 7.19. The van der Waals surface area contributed by atoms with Crippen LogP contribution in [0.3, 0.4) is 0 Å². The predicted octanol–water partition coefficient (Wildman–Crippen LogP) is 2.23. The second-order valence-corrected chi connectivity index (χ2v) is 3.11. The monoisotopic (exact) mass is 174 g/mol.